The van der Waals surface area contributed by atoms with Gasteiger partial charge in [0.1, 0.15) is 5.60 Å². The summed E-state index contributed by atoms with van der Waals surface area (Å²) in [6, 6.07) is 0. The zero-order chi connectivity index (χ0) is 14.2. The number of methoxy groups -OCH3 is 1. The van der Waals surface area contributed by atoms with Gasteiger partial charge in [-0.1, -0.05) is 0 Å². The van der Waals surface area contributed by atoms with Crippen molar-refractivity contribution in [1.82, 2.24) is 5.32 Å². The van der Waals surface area contributed by atoms with E-state index in [2.05, 4.69) is 10.1 Å². The first-order valence-electron chi connectivity index (χ1n) is 5.88. The van der Waals surface area contributed by atoms with Crippen LogP contribution in [-0.4, -0.2) is 44.5 Å². The van der Waals surface area contributed by atoms with Crippen molar-refractivity contribution in [2.24, 2.45) is 5.92 Å². The third kappa shape index (κ3) is 8.81. The molecule has 0 aromatic rings. The normalized spacial score (nSPS) is 12.7. The van der Waals surface area contributed by atoms with Gasteiger partial charge in [0.05, 0.1) is 26.2 Å². The SMILES string of the molecule is COC(=O)C(C)COCCNC(=O)OC(C)(C)C. The van der Waals surface area contributed by atoms with Gasteiger partial charge in [0.15, 0.2) is 0 Å². The zero-order valence-corrected chi connectivity index (χ0v) is 11.7. The second-order valence-corrected chi connectivity index (χ2v) is 4.93. The molecule has 1 unspecified atom stereocenters. The van der Waals surface area contributed by atoms with Crippen molar-refractivity contribution in [3.63, 3.8) is 0 Å². The predicted molar refractivity (Wildman–Crippen MR) is 66.2 cm³/mol. The molecule has 1 amide bonds. The van der Waals surface area contributed by atoms with Gasteiger partial charge in [-0.05, 0) is 27.7 Å². The molecule has 6 nitrogen and oxygen atoms in total. The number of esters is 1. The Morgan fingerprint density at radius 2 is 1.89 bits per heavy atom. The standard InChI is InChI=1S/C12H23NO5/c1-9(10(14)16-5)8-17-7-6-13-11(15)18-12(2,3)4/h9H,6-8H2,1-5H3,(H,13,15). The van der Waals surface area contributed by atoms with Crippen molar-refractivity contribution < 1.29 is 23.8 Å². The second-order valence-electron chi connectivity index (χ2n) is 4.93. The zero-order valence-electron chi connectivity index (χ0n) is 11.7. The number of hydrogen-bond acceptors (Lipinski definition) is 5. The van der Waals surface area contributed by atoms with Crippen molar-refractivity contribution in [2.45, 2.75) is 33.3 Å². The van der Waals surface area contributed by atoms with E-state index in [0.29, 0.717) is 13.2 Å². The van der Waals surface area contributed by atoms with Crippen LogP contribution in [0, 0.1) is 5.92 Å². The smallest absolute Gasteiger partial charge is 0.407 e. The van der Waals surface area contributed by atoms with Gasteiger partial charge in [-0.3, -0.25) is 4.79 Å². The first-order chi connectivity index (χ1) is 8.26. The van der Waals surface area contributed by atoms with Crippen molar-refractivity contribution in [2.75, 3.05) is 26.9 Å². The number of nitrogens with one attached hydrogen (secondary N) is 1. The van der Waals surface area contributed by atoms with Gasteiger partial charge in [-0.25, -0.2) is 4.79 Å². The largest absolute Gasteiger partial charge is 0.469 e. The van der Waals surface area contributed by atoms with Gasteiger partial charge in [0.25, 0.3) is 0 Å². The van der Waals surface area contributed by atoms with Crippen LogP contribution in [0.2, 0.25) is 0 Å². The fourth-order valence-corrected chi connectivity index (χ4v) is 1.07. The molecule has 1 atom stereocenters. The van der Waals surface area contributed by atoms with E-state index in [1.807, 2.05) is 0 Å². The van der Waals surface area contributed by atoms with Crippen molar-refractivity contribution in [3.05, 3.63) is 0 Å². The summed E-state index contributed by atoms with van der Waals surface area (Å²) in [4.78, 5) is 22.3. The van der Waals surface area contributed by atoms with Gasteiger partial charge in [-0.2, -0.15) is 0 Å². The Kier molecular flexibility index (Phi) is 7.35. The highest BCUT2D eigenvalue weighted by Gasteiger charge is 2.16. The van der Waals surface area contributed by atoms with Gasteiger partial charge in [0, 0.05) is 6.54 Å². The van der Waals surface area contributed by atoms with Crippen LogP contribution in [0.25, 0.3) is 0 Å². The van der Waals surface area contributed by atoms with E-state index in [9.17, 15) is 9.59 Å². The molecule has 0 saturated carbocycles. The minimum absolute atomic E-state index is 0.267. The van der Waals surface area contributed by atoms with E-state index in [-0.39, 0.29) is 18.5 Å². The number of amides is 1. The maximum Gasteiger partial charge on any atom is 0.407 e. The van der Waals surface area contributed by atoms with Crippen LogP contribution in [0.4, 0.5) is 4.79 Å². The van der Waals surface area contributed by atoms with Crippen LogP contribution in [0.5, 0.6) is 0 Å². The molecule has 0 aromatic heterocycles. The molecular weight excluding hydrogens is 238 g/mol. The molecule has 0 aliphatic carbocycles. The maximum atomic E-state index is 11.2. The van der Waals surface area contributed by atoms with E-state index in [1.54, 1.807) is 27.7 Å². The third-order valence-corrected chi connectivity index (χ3v) is 1.89. The summed E-state index contributed by atoms with van der Waals surface area (Å²) in [5.74, 6) is -0.619. The van der Waals surface area contributed by atoms with E-state index in [4.69, 9.17) is 9.47 Å². The molecule has 0 saturated heterocycles. The van der Waals surface area contributed by atoms with Gasteiger partial charge in [-0.15, -0.1) is 0 Å². The fraction of sp³-hybridized carbons (Fsp3) is 0.833. The second kappa shape index (κ2) is 7.92. The lowest BCUT2D eigenvalue weighted by molar-refractivity contribution is -0.146. The number of hydrogen-bond donors (Lipinski definition) is 1. The molecule has 1 N–H and O–H groups in total. The van der Waals surface area contributed by atoms with Crippen LogP contribution in [-0.2, 0) is 19.0 Å². The summed E-state index contributed by atoms with van der Waals surface area (Å²) < 4.78 is 14.8. The molecule has 0 heterocycles. The number of carbonyl (C=O) groups excluding carboxylic acids is 2. The summed E-state index contributed by atoms with van der Waals surface area (Å²) in [5, 5.41) is 2.55. The topological polar surface area (TPSA) is 73.9 Å². The summed E-state index contributed by atoms with van der Waals surface area (Å²) in [6.45, 7) is 8.02. The molecular formula is C12H23NO5. The van der Waals surface area contributed by atoms with Gasteiger partial charge < -0.3 is 19.5 Å². The molecule has 0 rings (SSSR count). The minimum atomic E-state index is -0.510. The Labute approximate surface area is 108 Å². The van der Waals surface area contributed by atoms with Crippen LogP contribution in [0.1, 0.15) is 27.7 Å². The van der Waals surface area contributed by atoms with E-state index < -0.39 is 11.7 Å². The Bertz CT molecular complexity index is 272. The lowest BCUT2D eigenvalue weighted by atomic mass is 10.2. The monoisotopic (exact) mass is 261 g/mol. The van der Waals surface area contributed by atoms with E-state index >= 15 is 0 Å². The minimum Gasteiger partial charge on any atom is -0.469 e. The molecule has 0 aliphatic heterocycles. The summed E-state index contributed by atoms with van der Waals surface area (Å²) in [6.07, 6.45) is -0.480. The molecule has 0 aromatic carbocycles. The summed E-state index contributed by atoms with van der Waals surface area (Å²) >= 11 is 0. The molecule has 106 valence electrons. The van der Waals surface area contributed by atoms with E-state index in [0.717, 1.165) is 0 Å². The van der Waals surface area contributed by atoms with Crippen molar-refractivity contribution in [3.8, 4) is 0 Å². The number of ether oxygens (including phenoxy) is 3. The van der Waals surface area contributed by atoms with Gasteiger partial charge in [0.2, 0.25) is 0 Å². The van der Waals surface area contributed by atoms with Gasteiger partial charge >= 0.3 is 12.1 Å². The highest BCUT2D eigenvalue weighted by atomic mass is 16.6. The van der Waals surface area contributed by atoms with Crippen LogP contribution < -0.4 is 5.32 Å². The summed E-state index contributed by atoms with van der Waals surface area (Å²) in [7, 11) is 1.34. The Hall–Kier alpha value is -1.30. The number of rotatable bonds is 6. The highest BCUT2D eigenvalue weighted by molar-refractivity contribution is 5.71. The Morgan fingerprint density at radius 3 is 2.39 bits per heavy atom. The maximum absolute atomic E-state index is 11.2. The molecule has 0 aliphatic rings. The molecule has 0 fully saturated rings. The number of alkyl carbamates (subject to hydrolysis) is 1. The van der Waals surface area contributed by atoms with Crippen LogP contribution in [0.15, 0.2) is 0 Å². The molecule has 0 spiro atoms. The lowest BCUT2D eigenvalue weighted by Crippen LogP contribution is -2.34. The van der Waals surface area contributed by atoms with Crippen LogP contribution >= 0.6 is 0 Å². The molecule has 18 heavy (non-hydrogen) atoms. The molecule has 0 radical (unpaired) electrons. The molecule has 6 heteroatoms. The molecule has 0 bridgehead atoms. The summed E-state index contributed by atoms with van der Waals surface area (Å²) in [5.41, 5.74) is -0.510. The Morgan fingerprint density at radius 1 is 1.28 bits per heavy atom. The lowest BCUT2D eigenvalue weighted by Gasteiger charge is -2.19. The fourth-order valence-electron chi connectivity index (χ4n) is 1.07. The average Bonchev–Trinajstić information content (AvgIpc) is 2.24. The Balaban J connectivity index is 3.57. The predicted octanol–water partition coefficient (Wildman–Crippen LogP) is 1.34. The highest BCUT2D eigenvalue weighted by Crippen LogP contribution is 2.06. The number of carbonyl (C=O) groups is 2. The average molecular weight is 261 g/mol. The van der Waals surface area contributed by atoms with E-state index in [1.165, 1.54) is 7.11 Å². The first kappa shape index (κ1) is 16.7. The first-order valence-corrected chi connectivity index (χ1v) is 5.88. The van der Waals surface area contributed by atoms with Crippen molar-refractivity contribution in [1.29, 1.82) is 0 Å². The van der Waals surface area contributed by atoms with Crippen molar-refractivity contribution >= 4 is 12.1 Å². The van der Waals surface area contributed by atoms with Crippen LogP contribution in [0.3, 0.4) is 0 Å². The third-order valence-electron chi connectivity index (χ3n) is 1.89. The quantitative estimate of drug-likeness (QED) is 0.577.